The molecular weight excluding hydrogens is 273 g/mol. The Hall–Kier alpha value is -1.72. The van der Waals surface area contributed by atoms with Crippen LogP contribution in [0.25, 0.3) is 10.2 Å². The fourth-order valence-corrected chi connectivity index (χ4v) is 2.58. The molecule has 0 radical (unpaired) electrons. The third-order valence-corrected chi connectivity index (χ3v) is 3.38. The summed E-state index contributed by atoms with van der Waals surface area (Å²) in [7, 11) is 0. The van der Waals surface area contributed by atoms with Crippen LogP contribution in [0.5, 0.6) is 0 Å². The van der Waals surface area contributed by atoms with Crippen LogP contribution in [0.1, 0.15) is 0 Å². The highest BCUT2D eigenvalue weighted by molar-refractivity contribution is 7.16. The van der Waals surface area contributed by atoms with E-state index >= 15 is 0 Å². The number of benzene rings is 1. The number of rotatable bonds is 2. The predicted molar refractivity (Wildman–Crippen MR) is 72.1 cm³/mol. The van der Waals surface area contributed by atoms with E-state index in [9.17, 15) is 4.39 Å². The van der Waals surface area contributed by atoms with E-state index < -0.39 is 0 Å². The molecule has 0 aliphatic carbocycles. The van der Waals surface area contributed by atoms with E-state index in [0.717, 1.165) is 15.9 Å². The van der Waals surface area contributed by atoms with Gasteiger partial charge in [-0.15, -0.1) is 11.3 Å². The monoisotopic (exact) mass is 279 g/mol. The number of anilines is 2. The summed E-state index contributed by atoms with van der Waals surface area (Å²) in [5, 5.41) is 6.11. The van der Waals surface area contributed by atoms with Gasteiger partial charge >= 0.3 is 0 Å². The first-order valence-corrected chi connectivity index (χ1v) is 6.41. The minimum Gasteiger partial charge on any atom is -0.340 e. The number of halogens is 2. The Bertz CT molecular complexity index is 696. The van der Waals surface area contributed by atoms with Crippen molar-refractivity contribution in [2.75, 3.05) is 5.32 Å². The maximum absolute atomic E-state index is 12.8. The third-order valence-electron chi connectivity index (χ3n) is 2.40. The second-order valence-electron chi connectivity index (χ2n) is 3.61. The zero-order valence-corrected chi connectivity index (χ0v) is 10.6. The molecule has 0 fully saturated rings. The molecular formula is C12H7ClFN3S. The van der Waals surface area contributed by atoms with Gasteiger partial charge in [-0.2, -0.15) is 4.98 Å². The minimum atomic E-state index is -0.276. The fourth-order valence-electron chi connectivity index (χ4n) is 1.59. The van der Waals surface area contributed by atoms with Gasteiger partial charge in [-0.1, -0.05) is 0 Å². The standard InChI is InChI=1S/C12H7ClFN3S/c13-12-16-10(9-5-6-18-11(9)17-12)15-8-3-1-7(14)2-4-8/h1-6H,(H,15,16,17). The number of thiophene rings is 1. The van der Waals surface area contributed by atoms with Crippen LogP contribution in [0.2, 0.25) is 5.28 Å². The molecule has 0 amide bonds. The summed E-state index contributed by atoms with van der Waals surface area (Å²) in [5.41, 5.74) is 0.749. The van der Waals surface area contributed by atoms with Crippen molar-refractivity contribution in [2.24, 2.45) is 0 Å². The highest BCUT2D eigenvalue weighted by Crippen LogP contribution is 2.28. The van der Waals surface area contributed by atoms with Gasteiger partial charge in [-0.3, -0.25) is 0 Å². The number of fused-ring (bicyclic) bond motifs is 1. The quantitative estimate of drug-likeness (QED) is 0.714. The van der Waals surface area contributed by atoms with Crippen molar-refractivity contribution in [2.45, 2.75) is 0 Å². The molecule has 0 aliphatic rings. The topological polar surface area (TPSA) is 37.8 Å². The molecule has 3 rings (SSSR count). The van der Waals surface area contributed by atoms with Gasteiger partial charge in [0.1, 0.15) is 16.5 Å². The Morgan fingerprint density at radius 2 is 1.89 bits per heavy atom. The van der Waals surface area contributed by atoms with E-state index in [-0.39, 0.29) is 11.1 Å². The van der Waals surface area contributed by atoms with Crippen molar-refractivity contribution in [3.8, 4) is 0 Å². The summed E-state index contributed by atoms with van der Waals surface area (Å²) < 4.78 is 12.8. The Morgan fingerprint density at radius 3 is 2.67 bits per heavy atom. The van der Waals surface area contributed by atoms with Crippen molar-refractivity contribution >= 4 is 44.7 Å². The highest BCUT2D eigenvalue weighted by atomic mass is 35.5. The molecule has 0 saturated carbocycles. The lowest BCUT2D eigenvalue weighted by molar-refractivity contribution is 0.628. The van der Waals surface area contributed by atoms with Gasteiger partial charge in [0.2, 0.25) is 5.28 Å². The van der Waals surface area contributed by atoms with E-state index in [1.807, 2.05) is 11.4 Å². The van der Waals surface area contributed by atoms with Crippen LogP contribution in [0.4, 0.5) is 15.9 Å². The van der Waals surface area contributed by atoms with E-state index in [1.165, 1.54) is 23.5 Å². The maximum atomic E-state index is 12.8. The molecule has 1 N–H and O–H groups in total. The Balaban J connectivity index is 2.03. The second kappa shape index (κ2) is 4.51. The average Bonchev–Trinajstić information content (AvgIpc) is 2.80. The SMILES string of the molecule is Fc1ccc(Nc2nc(Cl)nc3sccc23)cc1. The predicted octanol–water partition coefficient (Wildman–Crippen LogP) is 4.23. The zero-order valence-electron chi connectivity index (χ0n) is 9.02. The van der Waals surface area contributed by atoms with Crippen molar-refractivity contribution in [3.05, 3.63) is 46.8 Å². The van der Waals surface area contributed by atoms with Crippen LogP contribution >= 0.6 is 22.9 Å². The van der Waals surface area contributed by atoms with Gasteiger partial charge in [0.15, 0.2) is 0 Å². The lowest BCUT2D eigenvalue weighted by Gasteiger charge is -2.06. The Labute approximate surface area is 111 Å². The van der Waals surface area contributed by atoms with Gasteiger partial charge in [-0.25, -0.2) is 9.37 Å². The average molecular weight is 280 g/mol. The molecule has 90 valence electrons. The van der Waals surface area contributed by atoms with E-state index in [2.05, 4.69) is 15.3 Å². The summed E-state index contributed by atoms with van der Waals surface area (Å²) in [4.78, 5) is 9.09. The van der Waals surface area contributed by atoms with Crippen molar-refractivity contribution in [3.63, 3.8) is 0 Å². The van der Waals surface area contributed by atoms with Gasteiger partial charge in [-0.05, 0) is 47.3 Å². The first kappa shape index (κ1) is 11.4. The maximum Gasteiger partial charge on any atom is 0.225 e. The van der Waals surface area contributed by atoms with Crippen molar-refractivity contribution in [1.29, 1.82) is 0 Å². The second-order valence-corrected chi connectivity index (χ2v) is 4.85. The molecule has 0 unspecified atom stereocenters. The molecule has 1 aromatic carbocycles. The first-order chi connectivity index (χ1) is 8.72. The van der Waals surface area contributed by atoms with Crippen LogP contribution in [0, 0.1) is 5.82 Å². The number of hydrogen-bond acceptors (Lipinski definition) is 4. The number of nitrogens with zero attached hydrogens (tertiary/aromatic N) is 2. The van der Waals surface area contributed by atoms with E-state index in [1.54, 1.807) is 12.1 Å². The van der Waals surface area contributed by atoms with Crippen LogP contribution in [0.15, 0.2) is 35.7 Å². The van der Waals surface area contributed by atoms with Gasteiger partial charge in [0.25, 0.3) is 0 Å². The summed E-state index contributed by atoms with van der Waals surface area (Å²) in [6, 6.07) is 7.97. The Kier molecular flexibility index (Phi) is 2.85. The fraction of sp³-hybridized carbons (Fsp3) is 0. The molecule has 3 aromatic rings. The van der Waals surface area contributed by atoms with Crippen LogP contribution in [-0.4, -0.2) is 9.97 Å². The smallest absolute Gasteiger partial charge is 0.225 e. The third kappa shape index (κ3) is 2.14. The van der Waals surface area contributed by atoms with Crippen LogP contribution in [-0.2, 0) is 0 Å². The summed E-state index contributed by atoms with van der Waals surface area (Å²) >= 11 is 7.35. The molecule has 0 bridgehead atoms. The molecule has 2 heterocycles. The van der Waals surface area contributed by atoms with Crippen LogP contribution < -0.4 is 5.32 Å². The zero-order chi connectivity index (χ0) is 12.5. The first-order valence-electron chi connectivity index (χ1n) is 5.16. The largest absolute Gasteiger partial charge is 0.340 e. The number of aromatic nitrogens is 2. The van der Waals surface area contributed by atoms with Crippen molar-refractivity contribution in [1.82, 2.24) is 9.97 Å². The van der Waals surface area contributed by atoms with Gasteiger partial charge in [0, 0.05) is 5.69 Å². The van der Waals surface area contributed by atoms with Crippen LogP contribution in [0.3, 0.4) is 0 Å². The molecule has 0 atom stereocenters. The highest BCUT2D eigenvalue weighted by Gasteiger charge is 2.07. The molecule has 3 nitrogen and oxygen atoms in total. The van der Waals surface area contributed by atoms with E-state index in [4.69, 9.17) is 11.6 Å². The lowest BCUT2D eigenvalue weighted by atomic mass is 10.3. The molecule has 2 aromatic heterocycles. The Morgan fingerprint density at radius 1 is 1.11 bits per heavy atom. The molecule has 0 saturated heterocycles. The number of hydrogen-bond donors (Lipinski definition) is 1. The summed E-state index contributed by atoms with van der Waals surface area (Å²) in [6.45, 7) is 0. The minimum absolute atomic E-state index is 0.189. The molecule has 6 heteroatoms. The molecule has 18 heavy (non-hydrogen) atoms. The van der Waals surface area contributed by atoms with Gasteiger partial charge < -0.3 is 5.32 Å². The normalized spacial score (nSPS) is 10.8. The van der Waals surface area contributed by atoms with E-state index in [0.29, 0.717) is 5.82 Å². The lowest BCUT2D eigenvalue weighted by Crippen LogP contribution is -1.95. The number of nitrogens with one attached hydrogen (secondary N) is 1. The molecule has 0 spiro atoms. The summed E-state index contributed by atoms with van der Waals surface area (Å²) in [6.07, 6.45) is 0. The molecule has 0 aliphatic heterocycles. The summed E-state index contributed by atoms with van der Waals surface area (Å²) in [5.74, 6) is 0.347. The van der Waals surface area contributed by atoms with Gasteiger partial charge in [0.05, 0.1) is 5.39 Å². The van der Waals surface area contributed by atoms with Crippen molar-refractivity contribution < 1.29 is 4.39 Å².